The number of fused-ring (bicyclic) bond motifs is 1. The number of hydrogen-bond donors (Lipinski definition) is 2. The summed E-state index contributed by atoms with van der Waals surface area (Å²) in [6, 6.07) is 17.9. The smallest absolute Gasteiger partial charge is 0.308 e. The molecule has 0 fully saturated rings. The molecule has 4 aromatic rings. The minimum absolute atomic E-state index is 0.367. The monoisotopic (exact) mass is 371 g/mol. The molecule has 0 atom stereocenters. The maximum absolute atomic E-state index is 14.4. The third-order valence-electron chi connectivity index (χ3n) is 4.25. The molecule has 0 aliphatic rings. The lowest BCUT2D eigenvalue weighted by atomic mass is 10.1. The molecule has 0 aliphatic carbocycles. The Bertz CT molecular complexity index is 1210. The number of anilines is 2. The highest BCUT2D eigenvalue weighted by molar-refractivity contribution is 6.02. The molecule has 2 heterocycles. The van der Waals surface area contributed by atoms with Gasteiger partial charge in [0.05, 0.1) is 23.3 Å². The van der Waals surface area contributed by atoms with Crippen LogP contribution in [-0.4, -0.2) is 15.4 Å². The van der Waals surface area contributed by atoms with Crippen molar-refractivity contribution in [3.05, 3.63) is 84.6 Å². The predicted molar refractivity (Wildman–Crippen MR) is 104 cm³/mol. The second-order valence-corrected chi connectivity index (χ2v) is 6.03. The van der Waals surface area contributed by atoms with Crippen LogP contribution in [0, 0.1) is 17.1 Å². The van der Waals surface area contributed by atoms with E-state index in [4.69, 9.17) is 5.26 Å². The molecule has 0 radical (unpaired) electrons. The number of imidazole rings is 1. The summed E-state index contributed by atoms with van der Waals surface area (Å²) < 4.78 is 16.0. The second kappa shape index (κ2) is 7.21. The molecule has 2 N–H and O–H groups in total. The van der Waals surface area contributed by atoms with E-state index >= 15 is 0 Å². The number of pyridine rings is 1. The molecule has 2 amide bonds. The third-order valence-corrected chi connectivity index (χ3v) is 4.25. The first-order valence-electron chi connectivity index (χ1n) is 8.44. The summed E-state index contributed by atoms with van der Waals surface area (Å²) in [5, 5.41) is 14.3. The number of carbonyl (C=O) groups excluding carboxylic acids is 1. The fourth-order valence-corrected chi connectivity index (χ4v) is 2.92. The van der Waals surface area contributed by atoms with Gasteiger partial charge in [0, 0.05) is 16.8 Å². The molecule has 28 heavy (non-hydrogen) atoms. The molecule has 6 nitrogen and oxygen atoms in total. The first-order chi connectivity index (χ1) is 13.7. The zero-order valence-corrected chi connectivity index (χ0v) is 14.6. The van der Waals surface area contributed by atoms with Crippen LogP contribution >= 0.6 is 0 Å². The van der Waals surface area contributed by atoms with Crippen LogP contribution in [0.15, 0.2) is 73.2 Å². The Balaban J connectivity index is 1.69. The topological polar surface area (TPSA) is 82.2 Å². The van der Waals surface area contributed by atoms with E-state index in [0.29, 0.717) is 28.2 Å². The number of nitrogens with zero attached hydrogens (tertiary/aromatic N) is 3. The van der Waals surface area contributed by atoms with Crippen LogP contribution in [0.5, 0.6) is 0 Å². The van der Waals surface area contributed by atoms with Gasteiger partial charge in [-0.05, 0) is 42.5 Å². The van der Waals surface area contributed by atoms with E-state index in [1.54, 1.807) is 71.5 Å². The van der Waals surface area contributed by atoms with Crippen LogP contribution < -0.4 is 10.6 Å². The molecule has 0 unspecified atom stereocenters. The molecule has 0 spiro atoms. The summed E-state index contributed by atoms with van der Waals surface area (Å²) in [6.07, 6.45) is 3.20. The second-order valence-electron chi connectivity index (χ2n) is 6.03. The Morgan fingerprint density at radius 3 is 2.54 bits per heavy atom. The van der Waals surface area contributed by atoms with E-state index in [9.17, 15) is 9.18 Å². The van der Waals surface area contributed by atoms with Crippen molar-refractivity contribution in [3.63, 3.8) is 0 Å². The highest BCUT2D eigenvalue weighted by atomic mass is 19.1. The standard InChI is InChI=1S/C21H14FN5O/c22-19-4-2-1-3-17(19)18-10-9-16-12-24-13-27(16)20(18)26-21(28)25-15-7-5-14(11-23)6-8-15/h1-10,12-13H,(H2,25,26,28). The summed E-state index contributed by atoms with van der Waals surface area (Å²) in [5.74, 6) is 0.00348. The van der Waals surface area contributed by atoms with Crippen molar-refractivity contribution >= 4 is 23.1 Å². The van der Waals surface area contributed by atoms with E-state index in [2.05, 4.69) is 15.6 Å². The van der Waals surface area contributed by atoms with Gasteiger partial charge in [-0.15, -0.1) is 0 Å². The lowest BCUT2D eigenvalue weighted by Gasteiger charge is -2.15. The number of hydrogen-bond acceptors (Lipinski definition) is 3. The molecular weight excluding hydrogens is 357 g/mol. The van der Waals surface area contributed by atoms with Gasteiger partial charge in [-0.3, -0.25) is 9.72 Å². The average Bonchev–Trinajstić information content (AvgIpc) is 3.19. The van der Waals surface area contributed by atoms with Gasteiger partial charge in [0.2, 0.25) is 0 Å². The SMILES string of the molecule is N#Cc1ccc(NC(=O)Nc2c(-c3ccccc3F)ccc3cncn23)cc1. The first kappa shape index (κ1) is 17.2. The quantitative estimate of drug-likeness (QED) is 0.550. The van der Waals surface area contributed by atoms with Crippen molar-refractivity contribution in [2.75, 3.05) is 10.6 Å². The van der Waals surface area contributed by atoms with Gasteiger partial charge < -0.3 is 5.32 Å². The van der Waals surface area contributed by atoms with E-state index in [1.807, 2.05) is 6.07 Å². The van der Waals surface area contributed by atoms with Gasteiger partial charge in [0.1, 0.15) is 18.0 Å². The van der Waals surface area contributed by atoms with Crippen molar-refractivity contribution in [2.24, 2.45) is 0 Å². The summed E-state index contributed by atoms with van der Waals surface area (Å²) in [4.78, 5) is 16.7. The first-order valence-corrected chi connectivity index (χ1v) is 8.44. The third kappa shape index (κ3) is 3.27. The van der Waals surface area contributed by atoms with Crippen molar-refractivity contribution in [2.45, 2.75) is 0 Å². The summed E-state index contributed by atoms with van der Waals surface area (Å²) in [7, 11) is 0. The van der Waals surface area contributed by atoms with Crippen LogP contribution in [0.1, 0.15) is 5.56 Å². The van der Waals surface area contributed by atoms with Crippen LogP contribution in [-0.2, 0) is 0 Å². The molecule has 136 valence electrons. The van der Waals surface area contributed by atoms with E-state index < -0.39 is 11.8 Å². The Hall–Kier alpha value is -4.18. The number of carbonyl (C=O) groups is 1. The molecule has 2 aromatic carbocycles. The molecule has 2 aromatic heterocycles. The van der Waals surface area contributed by atoms with Gasteiger partial charge >= 0.3 is 6.03 Å². The fourth-order valence-electron chi connectivity index (χ4n) is 2.92. The number of nitriles is 1. The van der Waals surface area contributed by atoms with Crippen molar-refractivity contribution in [3.8, 4) is 17.2 Å². The van der Waals surface area contributed by atoms with Crippen LogP contribution in [0.2, 0.25) is 0 Å². The highest BCUT2D eigenvalue weighted by Crippen LogP contribution is 2.31. The van der Waals surface area contributed by atoms with Gasteiger partial charge in [-0.1, -0.05) is 18.2 Å². The molecular formula is C21H14FN5O. The van der Waals surface area contributed by atoms with Crippen molar-refractivity contribution < 1.29 is 9.18 Å². The van der Waals surface area contributed by atoms with Crippen molar-refractivity contribution in [1.29, 1.82) is 5.26 Å². The summed E-state index contributed by atoms with van der Waals surface area (Å²) in [5.41, 5.74) is 2.68. The van der Waals surface area contributed by atoms with Gasteiger partial charge in [-0.25, -0.2) is 14.2 Å². The Labute approximate surface area is 159 Å². The number of aromatic nitrogens is 2. The van der Waals surface area contributed by atoms with E-state index in [-0.39, 0.29) is 0 Å². The number of rotatable bonds is 3. The Kier molecular flexibility index (Phi) is 4.44. The maximum atomic E-state index is 14.4. The number of nitrogens with one attached hydrogen (secondary N) is 2. The predicted octanol–water partition coefficient (Wildman–Crippen LogP) is 4.66. The van der Waals surface area contributed by atoms with Crippen LogP contribution in [0.25, 0.3) is 16.6 Å². The normalized spacial score (nSPS) is 10.4. The average molecular weight is 371 g/mol. The Morgan fingerprint density at radius 1 is 1.00 bits per heavy atom. The highest BCUT2D eigenvalue weighted by Gasteiger charge is 2.15. The van der Waals surface area contributed by atoms with Gasteiger partial charge in [-0.2, -0.15) is 5.26 Å². The lowest BCUT2D eigenvalue weighted by Crippen LogP contribution is -2.21. The van der Waals surface area contributed by atoms with E-state index in [1.165, 1.54) is 6.07 Å². The van der Waals surface area contributed by atoms with Gasteiger partial charge in [0.15, 0.2) is 0 Å². The van der Waals surface area contributed by atoms with Crippen LogP contribution in [0.3, 0.4) is 0 Å². The number of halogens is 1. The Morgan fingerprint density at radius 2 is 1.79 bits per heavy atom. The molecule has 4 rings (SSSR count). The molecule has 0 saturated carbocycles. The summed E-state index contributed by atoms with van der Waals surface area (Å²) in [6.45, 7) is 0. The van der Waals surface area contributed by atoms with Crippen molar-refractivity contribution in [1.82, 2.24) is 9.38 Å². The number of amides is 2. The number of urea groups is 1. The van der Waals surface area contributed by atoms with Gasteiger partial charge in [0.25, 0.3) is 0 Å². The largest absolute Gasteiger partial charge is 0.324 e. The summed E-state index contributed by atoms with van der Waals surface area (Å²) >= 11 is 0. The minimum Gasteiger partial charge on any atom is -0.308 e. The number of benzene rings is 2. The molecule has 0 bridgehead atoms. The zero-order chi connectivity index (χ0) is 19.5. The molecule has 0 aliphatic heterocycles. The lowest BCUT2D eigenvalue weighted by molar-refractivity contribution is 0.262. The molecule has 0 saturated heterocycles. The maximum Gasteiger partial charge on any atom is 0.324 e. The zero-order valence-electron chi connectivity index (χ0n) is 14.6. The minimum atomic E-state index is -0.497. The fraction of sp³-hybridized carbons (Fsp3) is 0. The molecule has 7 heteroatoms. The van der Waals surface area contributed by atoms with Crippen LogP contribution in [0.4, 0.5) is 20.7 Å². The van der Waals surface area contributed by atoms with E-state index in [0.717, 1.165) is 5.52 Å².